The lowest BCUT2D eigenvalue weighted by Crippen LogP contribution is -2.43. The third kappa shape index (κ3) is 4.82. The molecule has 1 saturated carbocycles. The van der Waals surface area contributed by atoms with Gasteiger partial charge in [-0.3, -0.25) is 4.79 Å². The number of halogens is 3. The SMILES string of the molecule is Cc1cccc(C(=O)NC2CCC(N(C)c3cc(C(F)(F)F)nc4ccccc34)CC2)c1C. The van der Waals surface area contributed by atoms with Crippen LogP contribution in [0.2, 0.25) is 0 Å². The Hall–Kier alpha value is -3.09. The zero-order valence-electron chi connectivity index (χ0n) is 19.0. The minimum absolute atomic E-state index is 0.0574. The van der Waals surface area contributed by atoms with Crippen molar-refractivity contribution in [1.29, 1.82) is 0 Å². The first-order valence-electron chi connectivity index (χ1n) is 11.2. The van der Waals surface area contributed by atoms with Gasteiger partial charge in [0.2, 0.25) is 0 Å². The number of carbonyl (C=O) groups is 1. The first kappa shape index (κ1) is 23.1. The number of nitrogens with zero attached hydrogens (tertiary/aromatic N) is 2. The number of aryl methyl sites for hydroxylation is 1. The molecule has 0 unspecified atom stereocenters. The number of para-hydroxylation sites is 1. The van der Waals surface area contributed by atoms with E-state index in [0.717, 1.165) is 42.9 Å². The molecular weight excluding hydrogens is 427 g/mol. The van der Waals surface area contributed by atoms with Gasteiger partial charge in [-0.2, -0.15) is 13.2 Å². The molecule has 174 valence electrons. The highest BCUT2D eigenvalue weighted by Gasteiger charge is 2.34. The van der Waals surface area contributed by atoms with Gasteiger partial charge in [0, 0.05) is 35.8 Å². The van der Waals surface area contributed by atoms with Crippen molar-refractivity contribution in [3.8, 4) is 0 Å². The molecule has 1 amide bonds. The van der Waals surface area contributed by atoms with Gasteiger partial charge >= 0.3 is 6.18 Å². The van der Waals surface area contributed by atoms with Gasteiger partial charge in [-0.1, -0.05) is 30.3 Å². The molecule has 1 aliphatic carbocycles. The largest absolute Gasteiger partial charge is 0.433 e. The van der Waals surface area contributed by atoms with Gasteiger partial charge in [0.05, 0.1) is 5.52 Å². The topological polar surface area (TPSA) is 45.2 Å². The van der Waals surface area contributed by atoms with E-state index in [2.05, 4.69) is 10.3 Å². The van der Waals surface area contributed by atoms with Crippen LogP contribution in [0.4, 0.5) is 18.9 Å². The van der Waals surface area contributed by atoms with Crippen molar-refractivity contribution in [2.24, 2.45) is 0 Å². The summed E-state index contributed by atoms with van der Waals surface area (Å²) in [6, 6.07) is 13.9. The van der Waals surface area contributed by atoms with Crippen molar-refractivity contribution >= 4 is 22.5 Å². The number of aromatic nitrogens is 1. The number of carbonyl (C=O) groups excluding carboxylic acids is 1. The average Bonchev–Trinajstić information content (AvgIpc) is 2.79. The van der Waals surface area contributed by atoms with E-state index in [-0.39, 0.29) is 18.0 Å². The van der Waals surface area contributed by atoms with Crippen molar-refractivity contribution in [3.63, 3.8) is 0 Å². The van der Waals surface area contributed by atoms with Gasteiger partial charge in [0.1, 0.15) is 5.69 Å². The highest BCUT2D eigenvalue weighted by molar-refractivity contribution is 5.96. The van der Waals surface area contributed by atoms with E-state index >= 15 is 0 Å². The number of alkyl halides is 3. The van der Waals surface area contributed by atoms with Gasteiger partial charge in [-0.15, -0.1) is 0 Å². The summed E-state index contributed by atoms with van der Waals surface area (Å²) in [5.74, 6) is -0.0667. The summed E-state index contributed by atoms with van der Waals surface area (Å²) in [5.41, 5.74) is 2.75. The van der Waals surface area contributed by atoms with Crippen LogP contribution in [0.5, 0.6) is 0 Å². The Balaban J connectivity index is 1.48. The van der Waals surface area contributed by atoms with E-state index in [4.69, 9.17) is 0 Å². The Labute approximate surface area is 191 Å². The molecule has 1 aliphatic rings. The predicted molar refractivity (Wildman–Crippen MR) is 125 cm³/mol. The molecule has 0 spiro atoms. The molecule has 0 saturated heterocycles. The van der Waals surface area contributed by atoms with Crippen LogP contribution in [-0.2, 0) is 6.18 Å². The number of anilines is 1. The number of pyridine rings is 1. The normalized spacial score (nSPS) is 18.8. The molecule has 2 aromatic carbocycles. The predicted octanol–water partition coefficient (Wildman–Crippen LogP) is 6.05. The highest BCUT2D eigenvalue weighted by Crippen LogP contribution is 2.36. The van der Waals surface area contributed by atoms with E-state index in [1.807, 2.05) is 56.1 Å². The molecule has 0 atom stereocenters. The fourth-order valence-corrected chi connectivity index (χ4v) is 4.66. The van der Waals surface area contributed by atoms with Crippen molar-refractivity contribution in [2.45, 2.75) is 57.8 Å². The van der Waals surface area contributed by atoms with Gasteiger partial charge < -0.3 is 10.2 Å². The van der Waals surface area contributed by atoms with Crippen molar-refractivity contribution in [1.82, 2.24) is 10.3 Å². The van der Waals surface area contributed by atoms with Gasteiger partial charge in [-0.05, 0) is 68.9 Å². The molecule has 0 radical (unpaired) electrons. The third-order valence-corrected chi connectivity index (χ3v) is 6.79. The lowest BCUT2D eigenvalue weighted by molar-refractivity contribution is -0.140. The Morgan fingerprint density at radius 3 is 2.42 bits per heavy atom. The lowest BCUT2D eigenvalue weighted by Gasteiger charge is -2.37. The molecule has 0 bridgehead atoms. The standard InChI is InChI=1S/C26H28F3N3O/c1-16-7-6-9-20(17(16)2)25(33)30-18-11-13-19(14-12-18)32(3)23-15-24(26(27,28)29)31-22-10-5-4-8-21(22)23/h4-10,15,18-19H,11-14H2,1-3H3,(H,30,33). The first-order valence-corrected chi connectivity index (χ1v) is 11.2. The number of benzene rings is 2. The van der Waals surface area contributed by atoms with Gasteiger partial charge in [-0.25, -0.2) is 4.98 Å². The van der Waals surface area contributed by atoms with Crippen LogP contribution in [0.25, 0.3) is 10.9 Å². The molecule has 4 nitrogen and oxygen atoms in total. The summed E-state index contributed by atoms with van der Waals surface area (Å²) >= 11 is 0. The molecule has 33 heavy (non-hydrogen) atoms. The molecule has 7 heteroatoms. The van der Waals surface area contributed by atoms with E-state index in [1.54, 1.807) is 12.1 Å². The number of hydrogen-bond acceptors (Lipinski definition) is 3. The number of nitrogens with one attached hydrogen (secondary N) is 1. The van der Waals surface area contributed by atoms with Crippen LogP contribution in [0.1, 0.15) is 52.9 Å². The zero-order chi connectivity index (χ0) is 23.8. The summed E-state index contributed by atoms with van der Waals surface area (Å²) < 4.78 is 40.3. The maximum Gasteiger partial charge on any atom is 0.433 e. The number of rotatable bonds is 4. The second-order valence-electron chi connectivity index (χ2n) is 8.88. The molecular formula is C26H28F3N3O. The number of hydrogen-bond donors (Lipinski definition) is 1. The summed E-state index contributed by atoms with van der Waals surface area (Å²) in [5, 5.41) is 3.85. The maximum atomic E-state index is 13.4. The van der Waals surface area contributed by atoms with Crippen LogP contribution in [0.15, 0.2) is 48.5 Å². The number of amides is 1. The van der Waals surface area contributed by atoms with Gasteiger partial charge in [0.25, 0.3) is 5.91 Å². The molecule has 3 aromatic rings. The van der Waals surface area contributed by atoms with Crippen LogP contribution >= 0.6 is 0 Å². The maximum absolute atomic E-state index is 13.4. The van der Waals surface area contributed by atoms with Crippen LogP contribution in [-0.4, -0.2) is 30.0 Å². The monoisotopic (exact) mass is 455 g/mol. The van der Waals surface area contributed by atoms with Crippen LogP contribution in [0.3, 0.4) is 0 Å². The fourth-order valence-electron chi connectivity index (χ4n) is 4.66. The quantitative estimate of drug-likeness (QED) is 0.521. The summed E-state index contributed by atoms with van der Waals surface area (Å²) in [6.45, 7) is 3.94. The van der Waals surface area contributed by atoms with Crippen molar-refractivity contribution in [3.05, 3.63) is 70.9 Å². The minimum atomic E-state index is -4.50. The zero-order valence-corrected chi connectivity index (χ0v) is 19.0. The molecule has 4 rings (SSSR count). The molecule has 1 heterocycles. The Morgan fingerprint density at radius 1 is 1.03 bits per heavy atom. The Kier molecular flexibility index (Phi) is 6.32. The van der Waals surface area contributed by atoms with Crippen LogP contribution < -0.4 is 10.2 Å². The average molecular weight is 456 g/mol. The number of fused-ring (bicyclic) bond motifs is 1. The summed E-state index contributed by atoms with van der Waals surface area (Å²) in [4.78, 5) is 18.5. The highest BCUT2D eigenvalue weighted by atomic mass is 19.4. The smallest absolute Gasteiger partial charge is 0.371 e. The third-order valence-electron chi connectivity index (χ3n) is 6.79. The minimum Gasteiger partial charge on any atom is -0.371 e. The van der Waals surface area contributed by atoms with E-state index in [1.165, 1.54) is 0 Å². The molecule has 1 aromatic heterocycles. The summed E-state index contributed by atoms with van der Waals surface area (Å²) in [6.07, 6.45) is -1.38. The van der Waals surface area contributed by atoms with Gasteiger partial charge in [0.15, 0.2) is 0 Å². The second kappa shape index (κ2) is 9.04. The lowest BCUT2D eigenvalue weighted by atomic mass is 9.89. The summed E-state index contributed by atoms with van der Waals surface area (Å²) in [7, 11) is 1.85. The Bertz CT molecular complexity index is 1170. The Morgan fingerprint density at radius 2 is 1.73 bits per heavy atom. The van der Waals surface area contributed by atoms with E-state index in [0.29, 0.717) is 22.2 Å². The fraction of sp³-hybridized carbons (Fsp3) is 0.385. The second-order valence-corrected chi connectivity index (χ2v) is 8.88. The van der Waals surface area contributed by atoms with Crippen molar-refractivity contribution < 1.29 is 18.0 Å². The molecule has 0 aliphatic heterocycles. The van der Waals surface area contributed by atoms with Crippen LogP contribution in [0, 0.1) is 13.8 Å². The molecule has 1 fully saturated rings. The van der Waals surface area contributed by atoms with Crippen molar-refractivity contribution in [2.75, 3.05) is 11.9 Å². The van der Waals surface area contributed by atoms with E-state index < -0.39 is 11.9 Å². The first-order chi connectivity index (χ1) is 15.6. The molecule has 1 N–H and O–H groups in total. The van der Waals surface area contributed by atoms with E-state index in [9.17, 15) is 18.0 Å².